The minimum atomic E-state index is -0.386. The molecule has 1 aromatic rings. The summed E-state index contributed by atoms with van der Waals surface area (Å²) >= 11 is 0. The van der Waals surface area contributed by atoms with Crippen LogP contribution < -0.4 is 20.5 Å². The maximum Gasteiger partial charge on any atom is 0.414 e. The molecule has 0 radical (unpaired) electrons. The maximum absolute atomic E-state index is 12.1. The number of hydrazine groups is 1. The molecule has 2 aliphatic heterocycles. The Bertz CT molecular complexity index is 631. The molecule has 2 N–H and O–H groups in total. The molecular formula is C19H28N4O4. The van der Waals surface area contributed by atoms with E-state index < -0.39 is 0 Å². The Labute approximate surface area is 159 Å². The molecule has 2 saturated heterocycles. The van der Waals surface area contributed by atoms with E-state index >= 15 is 0 Å². The molecule has 2 fully saturated rings. The second-order valence-corrected chi connectivity index (χ2v) is 6.92. The van der Waals surface area contributed by atoms with Crippen LogP contribution in [0.2, 0.25) is 0 Å². The normalized spacial score (nSPS) is 20.4. The van der Waals surface area contributed by atoms with E-state index in [0.717, 1.165) is 31.1 Å². The van der Waals surface area contributed by atoms with Crippen LogP contribution in [0, 0.1) is 0 Å². The highest BCUT2D eigenvalue weighted by Gasteiger charge is 2.32. The predicted octanol–water partition coefficient (Wildman–Crippen LogP) is 1.52. The van der Waals surface area contributed by atoms with Gasteiger partial charge in [0.05, 0.1) is 13.1 Å². The molecule has 148 valence electrons. The number of carbonyl (C=O) groups is 2. The van der Waals surface area contributed by atoms with Gasteiger partial charge in [-0.1, -0.05) is 6.42 Å². The van der Waals surface area contributed by atoms with Crippen molar-refractivity contribution in [2.45, 2.75) is 32.3 Å². The molecule has 8 heteroatoms. The van der Waals surface area contributed by atoms with Gasteiger partial charge in [-0.25, -0.2) is 10.2 Å². The molecule has 0 saturated carbocycles. The van der Waals surface area contributed by atoms with E-state index in [1.807, 2.05) is 24.3 Å². The van der Waals surface area contributed by atoms with Gasteiger partial charge in [-0.15, -0.1) is 0 Å². The lowest BCUT2D eigenvalue weighted by molar-refractivity contribution is -0.120. The molecule has 3 rings (SSSR count). The minimum Gasteiger partial charge on any atom is -0.492 e. The minimum absolute atomic E-state index is 0.188. The topological polar surface area (TPSA) is 83.1 Å². The first-order valence-electron chi connectivity index (χ1n) is 9.54. The lowest BCUT2D eigenvalue weighted by Crippen LogP contribution is -2.41. The molecule has 2 heterocycles. The van der Waals surface area contributed by atoms with E-state index in [-0.39, 0.29) is 18.1 Å². The van der Waals surface area contributed by atoms with Crippen LogP contribution in [0.25, 0.3) is 0 Å². The van der Waals surface area contributed by atoms with Gasteiger partial charge in [-0.3, -0.25) is 20.0 Å². The summed E-state index contributed by atoms with van der Waals surface area (Å²) in [7, 11) is 0. The van der Waals surface area contributed by atoms with Crippen molar-refractivity contribution in [2.75, 3.05) is 44.2 Å². The summed E-state index contributed by atoms with van der Waals surface area (Å²) in [6.07, 6.45) is 3.19. The number of ether oxygens (including phenoxy) is 2. The fourth-order valence-electron chi connectivity index (χ4n) is 3.33. The molecule has 0 bridgehead atoms. The number of carbonyl (C=O) groups excluding carboxylic acids is 2. The summed E-state index contributed by atoms with van der Waals surface area (Å²) in [6.45, 7) is 6.15. The summed E-state index contributed by atoms with van der Waals surface area (Å²) in [6, 6.07) is 7.48. The van der Waals surface area contributed by atoms with Crippen molar-refractivity contribution in [3.05, 3.63) is 24.3 Å². The summed E-state index contributed by atoms with van der Waals surface area (Å²) in [4.78, 5) is 26.9. The molecule has 0 aliphatic carbocycles. The Morgan fingerprint density at radius 2 is 1.96 bits per heavy atom. The van der Waals surface area contributed by atoms with Gasteiger partial charge in [0.15, 0.2) is 0 Å². The van der Waals surface area contributed by atoms with Crippen molar-refractivity contribution in [3.8, 4) is 5.75 Å². The number of nitrogens with zero attached hydrogens (tertiary/aromatic N) is 2. The molecule has 27 heavy (non-hydrogen) atoms. The van der Waals surface area contributed by atoms with Crippen LogP contribution in [0.5, 0.6) is 5.75 Å². The number of rotatable bonds is 8. The number of hydrogen-bond donors (Lipinski definition) is 2. The second-order valence-electron chi connectivity index (χ2n) is 6.92. The highest BCUT2D eigenvalue weighted by molar-refractivity contribution is 5.89. The van der Waals surface area contributed by atoms with Gasteiger partial charge in [0.25, 0.3) is 0 Å². The van der Waals surface area contributed by atoms with Crippen LogP contribution in [-0.2, 0) is 9.53 Å². The van der Waals surface area contributed by atoms with Crippen LogP contribution >= 0.6 is 0 Å². The zero-order chi connectivity index (χ0) is 19.1. The van der Waals surface area contributed by atoms with E-state index in [9.17, 15) is 9.59 Å². The Kier molecular flexibility index (Phi) is 6.89. The Balaban J connectivity index is 1.43. The van der Waals surface area contributed by atoms with Gasteiger partial charge >= 0.3 is 6.09 Å². The molecule has 0 unspecified atom stereocenters. The number of cyclic esters (lactones) is 1. The molecule has 1 atom stereocenters. The van der Waals surface area contributed by atoms with Gasteiger partial charge in [0.2, 0.25) is 5.91 Å². The van der Waals surface area contributed by atoms with Crippen molar-refractivity contribution >= 4 is 17.7 Å². The largest absolute Gasteiger partial charge is 0.492 e. The second kappa shape index (κ2) is 9.57. The number of likely N-dealkylation sites (tertiary alicyclic amines) is 1. The highest BCUT2D eigenvalue weighted by atomic mass is 16.6. The number of piperidine rings is 1. The van der Waals surface area contributed by atoms with Crippen LogP contribution in [0.15, 0.2) is 24.3 Å². The Morgan fingerprint density at radius 1 is 1.22 bits per heavy atom. The quantitative estimate of drug-likeness (QED) is 0.670. The maximum atomic E-state index is 12.1. The summed E-state index contributed by atoms with van der Waals surface area (Å²) in [5, 5.41) is 0. The first-order valence-corrected chi connectivity index (χ1v) is 9.54. The van der Waals surface area contributed by atoms with Crippen molar-refractivity contribution in [2.24, 2.45) is 0 Å². The molecule has 2 aliphatic rings. The molecular weight excluding hydrogens is 348 g/mol. The number of nitrogens with one attached hydrogen (secondary N) is 2. The van der Waals surface area contributed by atoms with Crippen molar-refractivity contribution < 1.29 is 19.1 Å². The summed E-state index contributed by atoms with van der Waals surface area (Å²) in [5.41, 5.74) is 5.99. The first-order chi connectivity index (χ1) is 13.1. The van der Waals surface area contributed by atoms with E-state index in [1.165, 1.54) is 26.2 Å². The number of hydrogen-bond acceptors (Lipinski definition) is 6. The predicted molar refractivity (Wildman–Crippen MR) is 102 cm³/mol. The van der Waals surface area contributed by atoms with Crippen molar-refractivity contribution in [3.63, 3.8) is 0 Å². The number of anilines is 1. The smallest absolute Gasteiger partial charge is 0.414 e. The average Bonchev–Trinajstić information content (AvgIpc) is 3.03. The van der Waals surface area contributed by atoms with Gasteiger partial charge in [0, 0.05) is 19.2 Å². The van der Waals surface area contributed by atoms with E-state index in [1.54, 1.807) is 4.90 Å². The van der Waals surface area contributed by atoms with Crippen LogP contribution in [0.3, 0.4) is 0 Å². The SMILES string of the molecule is CC(=O)NNC[C@H]1CN(c2ccc(OCCN3CCCCC3)cc2)C(=O)O1. The third kappa shape index (κ3) is 5.83. The lowest BCUT2D eigenvalue weighted by Gasteiger charge is -2.26. The fraction of sp³-hybridized carbons (Fsp3) is 0.579. The highest BCUT2D eigenvalue weighted by Crippen LogP contribution is 2.24. The Morgan fingerprint density at radius 3 is 2.67 bits per heavy atom. The number of benzene rings is 1. The monoisotopic (exact) mass is 376 g/mol. The first kappa shape index (κ1) is 19.4. The van der Waals surface area contributed by atoms with Crippen molar-refractivity contribution in [1.82, 2.24) is 15.8 Å². The van der Waals surface area contributed by atoms with Gasteiger partial charge in [-0.2, -0.15) is 0 Å². The van der Waals surface area contributed by atoms with E-state index in [4.69, 9.17) is 9.47 Å². The summed E-state index contributed by atoms with van der Waals surface area (Å²) in [5.74, 6) is 0.610. The molecule has 8 nitrogen and oxygen atoms in total. The van der Waals surface area contributed by atoms with Crippen LogP contribution in [0.1, 0.15) is 26.2 Å². The van der Waals surface area contributed by atoms with Gasteiger partial charge in [-0.05, 0) is 50.2 Å². The lowest BCUT2D eigenvalue weighted by atomic mass is 10.1. The third-order valence-electron chi connectivity index (χ3n) is 4.74. The third-order valence-corrected chi connectivity index (χ3v) is 4.74. The fourth-order valence-corrected chi connectivity index (χ4v) is 3.33. The van der Waals surface area contributed by atoms with Crippen molar-refractivity contribution in [1.29, 1.82) is 0 Å². The average molecular weight is 376 g/mol. The molecule has 2 amide bonds. The molecule has 0 aromatic heterocycles. The van der Waals surface area contributed by atoms with Gasteiger partial charge < -0.3 is 9.47 Å². The van der Waals surface area contributed by atoms with E-state index in [0.29, 0.717) is 19.7 Å². The van der Waals surface area contributed by atoms with E-state index in [2.05, 4.69) is 15.8 Å². The number of amides is 2. The van der Waals surface area contributed by atoms with Gasteiger partial charge in [0.1, 0.15) is 18.5 Å². The standard InChI is InChI=1S/C19H28N4O4/c1-15(24)21-20-13-18-14-23(19(25)27-18)16-5-7-17(8-6-16)26-12-11-22-9-3-2-4-10-22/h5-8,18,20H,2-4,9-14H2,1H3,(H,21,24)/t18-/m0/s1. The summed E-state index contributed by atoms with van der Waals surface area (Å²) < 4.78 is 11.1. The van der Waals surface area contributed by atoms with Crippen LogP contribution in [0.4, 0.5) is 10.5 Å². The van der Waals surface area contributed by atoms with Crippen LogP contribution in [-0.4, -0.2) is 62.3 Å². The zero-order valence-electron chi connectivity index (χ0n) is 15.8. The molecule has 0 spiro atoms. The zero-order valence-corrected chi connectivity index (χ0v) is 15.8. The Hall–Kier alpha value is -2.32. The molecule has 1 aromatic carbocycles.